The summed E-state index contributed by atoms with van der Waals surface area (Å²) in [5.41, 5.74) is 2.87. The summed E-state index contributed by atoms with van der Waals surface area (Å²) in [6, 6.07) is 11.4. The zero-order chi connectivity index (χ0) is 19.2. The van der Waals surface area contributed by atoms with Crippen LogP contribution in [-0.4, -0.2) is 46.9 Å². The zero-order valence-electron chi connectivity index (χ0n) is 15.9. The zero-order valence-corrected chi connectivity index (χ0v) is 15.9. The number of hydrogen-bond donors (Lipinski definition) is 1. The van der Waals surface area contributed by atoms with Gasteiger partial charge in [0.05, 0.1) is 5.92 Å². The Labute approximate surface area is 160 Å². The Balaban J connectivity index is 1.58. The summed E-state index contributed by atoms with van der Waals surface area (Å²) in [5.74, 6) is -0.0874. The molecule has 0 aliphatic carbocycles. The molecule has 1 aliphatic rings. The molecule has 0 spiro atoms. The molecule has 1 fully saturated rings. The summed E-state index contributed by atoms with van der Waals surface area (Å²) in [6.45, 7) is 3.64. The normalized spacial score (nSPS) is 16.7. The number of anilines is 1. The number of pyridine rings is 1. The van der Waals surface area contributed by atoms with E-state index in [-0.39, 0.29) is 17.9 Å². The maximum absolute atomic E-state index is 12.8. The van der Waals surface area contributed by atoms with E-state index in [1.807, 2.05) is 43.3 Å². The molecule has 6 heteroatoms. The van der Waals surface area contributed by atoms with E-state index < -0.39 is 0 Å². The third-order valence-corrected chi connectivity index (χ3v) is 4.85. The number of carbonyl (C=O) groups excluding carboxylic acids is 2. The highest BCUT2D eigenvalue weighted by Crippen LogP contribution is 2.20. The number of nitrogens with zero attached hydrogens (tertiary/aromatic N) is 3. The number of carbonyl (C=O) groups is 2. The van der Waals surface area contributed by atoms with Gasteiger partial charge in [-0.3, -0.25) is 9.78 Å². The maximum Gasteiger partial charge on any atom is 0.321 e. The van der Waals surface area contributed by atoms with Crippen LogP contribution in [0.2, 0.25) is 0 Å². The second kappa shape index (κ2) is 8.66. The van der Waals surface area contributed by atoms with Gasteiger partial charge in [0, 0.05) is 44.8 Å². The molecule has 1 aromatic carbocycles. The van der Waals surface area contributed by atoms with Crippen molar-refractivity contribution >= 4 is 17.6 Å². The Morgan fingerprint density at radius 1 is 1.30 bits per heavy atom. The number of nitrogens with one attached hydrogen (secondary N) is 1. The quantitative estimate of drug-likeness (QED) is 0.903. The van der Waals surface area contributed by atoms with Crippen LogP contribution in [0, 0.1) is 12.8 Å². The third kappa shape index (κ3) is 5.06. The van der Waals surface area contributed by atoms with Crippen LogP contribution >= 0.6 is 0 Å². The molecule has 1 N–H and O–H groups in total. The molecule has 0 radical (unpaired) electrons. The van der Waals surface area contributed by atoms with Crippen molar-refractivity contribution in [3.05, 3.63) is 59.9 Å². The molecule has 27 heavy (non-hydrogen) atoms. The lowest BCUT2D eigenvalue weighted by atomic mass is 9.96. The number of benzene rings is 1. The average Bonchev–Trinajstić information content (AvgIpc) is 2.68. The highest BCUT2D eigenvalue weighted by atomic mass is 16.2. The molecule has 1 aliphatic heterocycles. The third-order valence-electron chi connectivity index (χ3n) is 4.85. The van der Waals surface area contributed by atoms with E-state index in [4.69, 9.17) is 0 Å². The van der Waals surface area contributed by atoms with Crippen molar-refractivity contribution in [2.75, 3.05) is 25.5 Å². The number of amides is 3. The minimum absolute atomic E-state index is 0.0758. The fraction of sp³-hybridized carbons (Fsp3) is 0.381. The molecule has 0 bridgehead atoms. The Kier molecular flexibility index (Phi) is 6.06. The first kappa shape index (κ1) is 18.9. The topological polar surface area (TPSA) is 65.5 Å². The van der Waals surface area contributed by atoms with E-state index >= 15 is 0 Å². The molecule has 1 atom stereocenters. The van der Waals surface area contributed by atoms with Gasteiger partial charge in [0.2, 0.25) is 5.91 Å². The van der Waals surface area contributed by atoms with Crippen LogP contribution in [0.15, 0.2) is 48.8 Å². The highest BCUT2D eigenvalue weighted by molar-refractivity contribution is 5.90. The van der Waals surface area contributed by atoms with E-state index in [0.29, 0.717) is 19.6 Å². The van der Waals surface area contributed by atoms with Gasteiger partial charge in [-0.1, -0.05) is 18.2 Å². The highest BCUT2D eigenvalue weighted by Gasteiger charge is 2.30. The fourth-order valence-electron chi connectivity index (χ4n) is 3.44. The van der Waals surface area contributed by atoms with E-state index in [1.165, 1.54) is 0 Å². The molecule has 3 rings (SSSR count). The molecule has 3 amide bonds. The van der Waals surface area contributed by atoms with Crippen molar-refractivity contribution in [3.63, 3.8) is 0 Å². The number of aryl methyl sites for hydroxylation is 1. The Bertz CT molecular complexity index is 794. The lowest BCUT2D eigenvalue weighted by Gasteiger charge is -2.34. The molecular weight excluding hydrogens is 340 g/mol. The van der Waals surface area contributed by atoms with E-state index in [2.05, 4.69) is 10.3 Å². The summed E-state index contributed by atoms with van der Waals surface area (Å²) in [5, 5.41) is 2.93. The molecular formula is C21H26N4O2. The first-order valence-corrected chi connectivity index (χ1v) is 9.29. The number of urea groups is 1. The molecule has 2 aromatic rings. The number of likely N-dealkylation sites (tertiary alicyclic amines) is 1. The number of hydrogen-bond acceptors (Lipinski definition) is 3. The molecule has 0 saturated carbocycles. The van der Waals surface area contributed by atoms with Crippen molar-refractivity contribution < 1.29 is 9.59 Å². The lowest BCUT2D eigenvalue weighted by Crippen LogP contribution is -2.47. The fourth-order valence-corrected chi connectivity index (χ4v) is 3.44. The molecule has 1 aromatic heterocycles. The van der Waals surface area contributed by atoms with Gasteiger partial charge in [-0.05, 0) is 49.1 Å². The predicted octanol–water partition coefficient (Wildman–Crippen LogP) is 3.29. The molecule has 1 saturated heterocycles. The van der Waals surface area contributed by atoms with Crippen LogP contribution < -0.4 is 5.32 Å². The molecule has 6 nitrogen and oxygen atoms in total. The van der Waals surface area contributed by atoms with Gasteiger partial charge >= 0.3 is 6.03 Å². The van der Waals surface area contributed by atoms with Crippen LogP contribution in [0.3, 0.4) is 0 Å². The predicted molar refractivity (Wildman–Crippen MR) is 105 cm³/mol. The summed E-state index contributed by atoms with van der Waals surface area (Å²) < 4.78 is 0. The maximum atomic E-state index is 12.8. The number of rotatable bonds is 4. The average molecular weight is 366 g/mol. The van der Waals surface area contributed by atoms with Crippen LogP contribution in [0.1, 0.15) is 24.0 Å². The van der Waals surface area contributed by atoms with Crippen molar-refractivity contribution in [3.8, 4) is 0 Å². The van der Waals surface area contributed by atoms with Crippen LogP contribution in [0.4, 0.5) is 10.5 Å². The van der Waals surface area contributed by atoms with Crippen LogP contribution in [0.25, 0.3) is 0 Å². The van der Waals surface area contributed by atoms with Gasteiger partial charge in [-0.2, -0.15) is 0 Å². The van der Waals surface area contributed by atoms with Crippen molar-refractivity contribution in [1.29, 1.82) is 0 Å². The largest absolute Gasteiger partial charge is 0.341 e. The monoisotopic (exact) mass is 366 g/mol. The van der Waals surface area contributed by atoms with Crippen molar-refractivity contribution in [1.82, 2.24) is 14.8 Å². The van der Waals surface area contributed by atoms with E-state index in [9.17, 15) is 9.59 Å². The van der Waals surface area contributed by atoms with Crippen LogP contribution in [-0.2, 0) is 11.3 Å². The SMILES string of the molecule is Cc1cccc(NC(=O)N2CCCC(C(=O)N(C)Cc3cccnc3)C2)c1. The minimum Gasteiger partial charge on any atom is -0.341 e. The molecule has 142 valence electrons. The van der Waals surface area contributed by atoms with Gasteiger partial charge in [0.25, 0.3) is 0 Å². The van der Waals surface area contributed by atoms with Crippen molar-refractivity contribution in [2.24, 2.45) is 5.92 Å². The summed E-state index contributed by atoms with van der Waals surface area (Å²) in [6.07, 6.45) is 5.13. The summed E-state index contributed by atoms with van der Waals surface area (Å²) >= 11 is 0. The summed E-state index contributed by atoms with van der Waals surface area (Å²) in [7, 11) is 1.81. The summed E-state index contributed by atoms with van der Waals surface area (Å²) in [4.78, 5) is 33.0. The second-order valence-corrected chi connectivity index (χ2v) is 7.14. The standard InChI is InChI=1S/C21H26N4O2/c1-16-6-3-9-19(12-16)23-21(27)25-11-5-8-18(15-25)20(26)24(2)14-17-7-4-10-22-13-17/h3-4,6-7,9-10,12-13,18H,5,8,11,14-15H2,1-2H3,(H,23,27). The van der Waals surface area contributed by atoms with Crippen molar-refractivity contribution in [2.45, 2.75) is 26.3 Å². The Morgan fingerprint density at radius 3 is 2.89 bits per heavy atom. The molecule has 2 heterocycles. The van der Waals surface area contributed by atoms with E-state index in [1.54, 1.807) is 29.2 Å². The minimum atomic E-state index is -0.163. The number of aromatic nitrogens is 1. The first-order chi connectivity index (χ1) is 13.0. The van der Waals surface area contributed by atoms with Gasteiger partial charge < -0.3 is 15.1 Å². The first-order valence-electron chi connectivity index (χ1n) is 9.29. The number of piperidine rings is 1. The Morgan fingerprint density at radius 2 is 2.15 bits per heavy atom. The van der Waals surface area contributed by atoms with E-state index in [0.717, 1.165) is 29.7 Å². The van der Waals surface area contributed by atoms with Gasteiger partial charge in [0.1, 0.15) is 0 Å². The molecule has 1 unspecified atom stereocenters. The van der Waals surface area contributed by atoms with Crippen LogP contribution in [0.5, 0.6) is 0 Å². The van der Waals surface area contributed by atoms with Gasteiger partial charge in [0.15, 0.2) is 0 Å². The lowest BCUT2D eigenvalue weighted by molar-refractivity contribution is -0.136. The second-order valence-electron chi connectivity index (χ2n) is 7.14. The van der Waals surface area contributed by atoms with Gasteiger partial charge in [-0.15, -0.1) is 0 Å². The Hall–Kier alpha value is -2.89. The smallest absolute Gasteiger partial charge is 0.321 e. The van der Waals surface area contributed by atoms with Gasteiger partial charge in [-0.25, -0.2) is 4.79 Å².